The SMILES string of the molecule is COC(=O)CCC1OC2COC(C)(C)OC2C2OC(=O)N(c3ccccc3)C12. The van der Waals surface area contributed by atoms with Crippen molar-refractivity contribution in [2.24, 2.45) is 0 Å². The van der Waals surface area contributed by atoms with Crippen LogP contribution in [0.1, 0.15) is 26.7 Å². The zero-order chi connectivity index (χ0) is 19.9. The second kappa shape index (κ2) is 7.35. The molecule has 3 aliphatic rings. The molecule has 152 valence electrons. The average Bonchev–Trinajstić information content (AvgIpc) is 3.03. The summed E-state index contributed by atoms with van der Waals surface area (Å²) in [6, 6.07) is 8.90. The van der Waals surface area contributed by atoms with Crippen molar-refractivity contribution in [2.45, 2.75) is 62.9 Å². The van der Waals surface area contributed by atoms with E-state index in [1.54, 1.807) is 4.90 Å². The maximum absolute atomic E-state index is 12.8. The molecule has 0 bridgehead atoms. The van der Waals surface area contributed by atoms with Crippen LogP contribution in [0.4, 0.5) is 10.5 Å². The van der Waals surface area contributed by atoms with Gasteiger partial charge in [-0.1, -0.05) is 18.2 Å². The zero-order valence-corrected chi connectivity index (χ0v) is 16.2. The summed E-state index contributed by atoms with van der Waals surface area (Å²) >= 11 is 0. The lowest BCUT2D eigenvalue weighted by molar-refractivity contribution is -0.342. The number of rotatable bonds is 4. The van der Waals surface area contributed by atoms with Gasteiger partial charge in [0.15, 0.2) is 11.9 Å². The summed E-state index contributed by atoms with van der Waals surface area (Å²) < 4.78 is 28.6. The van der Waals surface area contributed by atoms with E-state index in [0.717, 1.165) is 5.69 Å². The molecule has 3 fully saturated rings. The van der Waals surface area contributed by atoms with Gasteiger partial charge in [0.05, 0.1) is 19.8 Å². The quantitative estimate of drug-likeness (QED) is 0.728. The first-order valence-corrected chi connectivity index (χ1v) is 9.48. The third kappa shape index (κ3) is 3.47. The Labute approximate surface area is 163 Å². The number of carbonyl (C=O) groups is 2. The third-order valence-corrected chi connectivity index (χ3v) is 5.40. The number of nitrogens with zero attached hydrogens (tertiary/aromatic N) is 1. The number of benzene rings is 1. The Hall–Kier alpha value is -2.16. The zero-order valence-electron chi connectivity index (χ0n) is 16.2. The molecule has 1 aromatic carbocycles. The Bertz CT molecular complexity index is 737. The number of esters is 1. The van der Waals surface area contributed by atoms with Crippen LogP contribution >= 0.6 is 0 Å². The highest BCUT2D eigenvalue weighted by Crippen LogP contribution is 2.41. The molecule has 1 aromatic rings. The summed E-state index contributed by atoms with van der Waals surface area (Å²) in [5.41, 5.74) is 0.719. The molecule has 0 spiro atoms. The lowest BCUT2D eigenvalue weighted by Crippen LogP contribution is -2.65. The maximum Gasteiger partial charge on any atom is 0.415 e. The lowest BCUT2D eigenvalue weighted by Gasteiger charge is -2.49. The van der Waals surface area contributed by atoms with Gasteiger partial charge in [-0.2, -0.15) is 0 Å². The van der Waals surface area contributed by atoms with Crippen molar-refractivity contribution in [3.8, 4) is 0 Å². The van der Waals surface area contributed by atoms with Crippen LogP contribution in [0, 0.1) is 0 Å². The van der Waals surface area contributed by atoms with Crippen molar-refractivity contribution in [2.75, 3.05) is 18.6 Å². The molecule has 0 radical (unpaired) electrons. The fourth-order valence-electron chi connectivity index (χ4n) is 4.13. The number of fused-ring (bicyclic) bond motifs is 3. The predicted molar refractivity (Wildman–Crippen MR) is 97.8 cm³/mol. The van der Waals surface area contributed by atoms with E-state index < -0.39 is 36.2 Å². The molecule has 28 heavy (non-hydrogen) atoms. The molecule has 8 heteroatoms. The number of amides is 1. The van der Waals surface area contributed by atoms with E-state index in [9.17, 15) is 9.59 Å². The molecule has 1 amide bonds. The van der Waals surface area contributed by atoms with Crippen LogP contribution in [0.25, 0.3) is 0 Å². The summed E-state index contributed by atoms with van der Waals surface area (Å²) in [4.78, 5) is 26.1. The van der Waals surface area contributed by atoms with Gasteiger partial charge < -0.3 is 23.7 Å². The number of para-hydroxylation sites is 1. The van der Waals surface area contributed by atoms with Crippen LogP contribution in [0.3, 0.4) is 0 Å². The minimum absolute atomic E-state index is 0.186. The second-order valence-electron chi connectivity index (χ2n) is 7.67. The molecular formula is C20H25NO7. The van der Waals surface area contributed by atoms with E-state index in [4.69, 9.17) is 23.7 Å². The molecular weight excluding hydrogens is 366 g/mol. The van der Waals surface area contributed by atoms with Gasteiger partial charge in [-0.3, -0.25) is 9.69 Å². The normalized spacial score (nSPS) is 33.6. The van der Waals surface area contributed by atoms with E-state index in [1.165, 1.54) is 7.11 Å². The van der Waals surface area contributed by atoms with E-state index in [0.29, 0.717) is 13.0 Å². The van der Waals surface area contributed by atoms with Gasteiger partial charge in [-0.05, 0) is 32.4 Å². The molecule has 8 nitrogen and oxygen atoms in total. The van der Waals surface area contributed by atoms with Crippen LogP contribution in [0.2, 0.25) is 0 Å². The van der Waals surface area contributed by atoms with E-state index >= 15 is 0 Å². The number of hydrogen-bond acceptors (Lipinski definition) is 7. The molecule has 0 N–H and O–H groups in total. The van der Waals surface area contributed by atoms with Crippen molar-refractivity contribution in [3.05, 3.63) is 30.3 Å². The van der Waals surface area contributed by atoms with Gasteiger partial charge in [0.25, 0.3) is 0 Å². The average molecular weight is 391 g/mol. The van der Waals surface area contributed by atoms with Crippen LogP contribution in [0.5, 0.6) is 0 Å². The standard InChI is InChI=1S/C20H25NO7/c1-20(2)25-11-14-17(28-20)18-16(13(26-14)9-10-15(22)24-3)21(19(23)27-18)12-7-5-4-6-8-12/h4-8,13-14,16-18H,9-11H2,1-3H3. The van der Waals surface area contributed by atoms with Crippen molar-refractivity contribution in [3.63, 3.8) is 0 Å². The monoisotopic (exact) mass is 391 g/mol. The van der Waals surface area contributed by atoms with Gasteiger partial charge in [-0.25, -0.2) is 4.79 Å². The molecule has 3 aliphatic heterocycles. The first kappa shape index (κ1) is 19.2. The molecule has 4 rings (SSSR count). The summed E-state index contributed by atoms with van der Waals surface area (Å²) in [6.45, 7) is 3.99. The van der Waals surface area contributed by atoms with E-state index in [1.807, 2.05) is 44.2 Å². The minimum Gasteiger partial charge on any atom is -0.469 e. The Kier molecular flexibility index (Phi) is 5.03. The van der Waals surface area contributed by atoms with Gasteiger partial charge in [0, 0.05) is 12.1 Å². The molecule has 0 aliphatic carbocycles. The maximum atomic E-state index is 12.8. The van der Waals surface area contributed by atoms with Crippen LogP contribution < -0.4 is 4.90 Å². The first-order chi connectivity index (χ1) is 13.4. The molecule has 3 saturated heterocycles. The van der Waals surface area contributed by atoms with Gasteiger partial charge >= 0.3 is 12.1 Å². The fraction of sp³-hybridized carbons (Fsp3) is 0.600. The largest absolute Gasteiger partial charge is 0.469 e. The van der Waals surface area contributed by atoms with Gasteiger partial charge in [0.2, 0.25) is 0 Å². The Morgan fingerprint density at radius 3 is 2.71 bits per heavy atom. The number of ether oxygens (including phenoxy) is 5. The molecule has 5 atom stereocenters. The van der Waals surface area contributed by atoms with Crippen molar-refractivity contribution >= 4 is 17.7 Å². The Morgan fingerprint density at radius 2 is 2.00 bits per heavy atom. The van der Waals surface area contributed by atoms with Crippen molar-refractivity contribution < 1.29 is 33.3 Å². The molecule has 0 saturated carbocycles. The summed E-state index contributed by atoms with van der Waals surface area (Å²) in [5, 5.41) is 0. The highest BCUT2D eigenvalue weighted by Gasteiger charge is 2.59. The van der Waals surface area contributed by atoms with E-state index in [2.05, 4.69) is 0 Å². The van der Waals surface area contributed by atoms with Crippen LogP contribution in [0.15, 0.2) is 30.3 Å². The van der Waals surface area contributed by atoms with Crippen molar-refractivity contribution in [1.29, 1.82) is 0 Å². The molecule has 3 heterocycles. The molecule has 0 aromatic heterocycles. The summed E-state index contributed by atoms with van der Waals surface area (Å²) in [5.74, 6) is -1.11. The van der Waals surface area contributed by atoms with Crippen LogP contribution in [-0.4, -0.2) is 62.0 Å². The first-order valence-electron chi connectivity index (χ1n) is 9.48. The highest BCUT2D eigenvalue weighted by atomic mass is 16.7. The van der Waals surface area contributed by atoms with Gasteiger partial charge in [0.1, 0.15) is 18.2 Å². The lowest BCUT2D eigenvalue weighted by atomic mass is 9.89. The smallest absolute Gasteiger partial charge is 0.415 e. The van der Waals surface area contributed by atoms with E-state index in [-0.39, 0.29) is 18.5 Å². The number of carbonyl (C=O) groups excluding carboxylic acids is 2. The summed E-state index contributed by atoms with van der Waals surface area (Å²) in [7, 11) is 1.35. The predicted octanol–water partition coefficient (Wildman–Crippen LogP) is 2.25. The highest BCUT2D eigenvalue weighted by molar-refractivity contribution is 5.91. The van der Waals surface area contributed by atoms with Crippen molar-refractivity contribution in [1.82, 2.24) is 0 Å². The Morgan fingerprint density at radius 1 is 1.25 bits per heavy atom. The minimum atomic E-state index is -0.791. The summed E-state index contributed by atoms with van der Waals surface area (Å²) in [6.07, 6.45) is -1.60. The number of hydrogen-bond donors (Lipinski definition) is 0. The van der Waals surface area contributed by atoms with Crippen LogP contribution in [-0.2, 0) is 28.5 Å². The van der Waals surface area contributed by atoms with Gasteiger partial charge in [-0.15, -0.1) is 0 Å². The number of methoxy groups -OCH3 is 1. The molecule has 5 unspecified atom stereocenters. The number of anilines is 1. The fourth-order valence-corrected chi connectivity index (χ4v) is 4.13. The third-order valence-electron chi connectivity index (χ3n) is 5.40. The second-order valence-corrected chi connectivity index (χ2v) is 7.67. The Balaban J connectivity index is 1.65. The topological polar surface area (TPSA) is 83.5 Å².